The number of aromatic nitrogens is 1. The molecule has 0 atom stereocenters. The van der Waals surface area contributed by atoms with E-state index in [4.69, 9.17) is 14.0 Å². The van der Waals surface area contributed by atoms with Gasteiger partial charge in [-0.15, -0.1) is 0 Å². The zero-order valence-corrected chi connectivity index (χ0v) is 13.1. The number of carbonyl (C=O) groups excluding carboxylic acids is 2. The van der Waals surface area contributed by atoms with E-state index in [1.54, 1.807) is 13.8 Å². The highest BCUT2D eigenvalue weighted by atomic mass is 16.5. The van der Waals surface area contributed by atoms with Crippen LogP contribution in [0.2, 0.25) is 0 Å². The van der Waals surface area contributed by atoms with Gasteiger partial charge in [0.05, 0.1) is 31.6 Å². The van der Waals surface area contributed by atoms with Crippen LogP contribution in [0.4, 0.5) is 5.69 Å². The Kier molecular flexibility index (Phi) is 4.54. The van der Waals surface area contributed by atoms with Crippen LogP contribution in [0.5, 0.6) is 11.5 Å². The highest BCUT2D eigenvalue weighted by Crippen LogP contribution is 2.33. The molecule has 0 bridgehead atoms. The first-order valence-electron chi connectivity index (χ1n) is 6.60. The molecule has 0 radical (unpaired) electrons. The lowest BCUT2D eigenvalue weighted by atomic mass is 10.1. The summed E-state index contributed by atoms with van der Waals surface area (Å²) >= 11 is 0. The third-order valence-electron chi connectivity index (χ3n) is 3.25. The molecule has 0 aliphatic heterocycles. The van der Waals surface area contributed by atoms with Crippen molar-refractivity contribution < 1.29 is 28.7 Å². The average Bonchev–Trinajstić information content (AvgIpc) is 2.85. The van der Waals surface area contributed by atoms with Gasteiger partial charge in [0.1, 0.15) is 11.3 Å². The number of amides is 1. The van der Waals surface area contributed by atoms with Gasteiger partial charge in [-0.2, -0.15) is 0 Å². The van der Waals surface area contributed by atoms with Gasteiger partial charge in [0.15, 0.2) is 11.5 Å². The second-order valence-corrected chi connectivity index (χ2v) is 4.69. The molecule has 1 aromatic carbocycles. The fraction of sp³-hybridized carbons (Fsp3) is 0.267. The molecule has 1 amide bonds. The van der Waals surface area contributed by atoms with Crippen LogP contribution in [0.25, 0.3) is 0 Å². The number of anilines is 1. The van der Waals surface area contributed by atoms with E-state index in [0.717, 1.165) is 0 Å². The number of methoxy groups -OCH3 is 2. The first-order chi connectivity index (χ1) is 10.9. The predicted octanol–water partition coefficient (Wildman–Crippen LogP) is 0.924. The fourth-order valence-corrected chi connectivity index (χ4v) is 2.14. The molecule has 1 heterocycles. The second kappa shape index (κ2) is 6.39. The Morgan fingerprint density at radius 3 is 2.26 bits per heavy atom. The van der Waals surface area contributed by atoms with Crippen LogP contribution in [0.1, 0.15) is 32.2 Å². The quantitative estimate of drug-likeness (QED) is 0.871. The minimum Gasteiger partial charge on any atom is -0.545 e. The minimum atomic E-state index is -1.46. The molecular weight excluding hydrogens is 304 g/mol. The summed E-state index contributed by atoms with van der Waals surface area (Å²) in [4.78, 5) is 23.7. The number of carbonyl (C=O) groups is 2. The maximum absolute atomic E-state index is 12.3. The third kappa shape index (κ3) is 3.10. The van der Waals surface area contributed by atoms with E-state index in [2.05, 4.69) is 10.5 Å². The standard InChI is InChI=1S/C15H16N2O6/c1-7-13(8(2)23-17-7)14(18)16-10-6-12(22-4)11(21-3)5-9(10)15(19)20/h5-6H,1-4H3,(H,16,18)(H,19,20)/p-1. The molecule has 2 rings (SSSR count). The number of benzene rings is 1. The highest BCUT2D eigenvalue weighted by molar-refractivity contribution is 6.08. The number of aromatic carboxylic acids is 1. The number of carboxylic acid groups (broad SMARTS) is 1. The molecule has 0 aliphatic rings. The molecule has 2 aromatic rings. The normalized spacial score (nSPS) is 10.3. The van der Waals surface area contributed by atoms with Crippen molar-refractivity contribution in [2.45, 2.75) is 13.8 Å². The molecule has 0 unspecified atom stereocenters. The Labute approximate surface area is 132 Å². The van der Waals surface area contributed by atoms with Gasteiger partial charge in [-0.1, -0.05) is 5.16 Å². The number of carboxylic acids is 1. The largest absolute Gasteiger partial charge is 0.545 e. The SMILES string of the molecule is COc1cc(NC(=O)c2c(C)noc2C)c(C(=O)[O-])cc1OC. The van der Waals surface area contributed by atoms with Crippen molar-refractivity contribution in [2.75, 3.05) is 19.5 Å². The topological polar surface area (TPSA) is 114 Å². The van der Waals surface area contributed by atoms with Gasteiger partial charge in [-0.3, -0.25) is 4.79 Å². The fourth-order valence-electron chi connectivity index (χ4n) is 2.14. The Bertz CT molecular complexity index is 746. The van der Waals surface area contributed by atoms with Crippen LogP contribution in [0, 0.1) is 13.8 Å². The van der Waals surface area contributed by atoms with Crippen molar-refractivity contribution in [3.63, 3.8) is 0 Å². The van der Waals surface area contributed by atoms with Crippen molar-refractivity contribution in [2.24, 2.45) is 0 Å². The molecule has 23 heavy (non-hydrogen) atoms. The van der Waals surface area contributed by atoms with Crippen molar-refractivity contribution in [3.8, 4) is 11.5 Å². The summed E-state index contributed by atoms with van der Waals surface area (Å²) < 4.78 is 15.1. The summed E-state index contributed by atoms with van der Waals surface area (Å²) in [6.45, 7) is 3.20. The van der Waals surface area contributed by atoms with Crippen molar-refractivity contribution in [1.29, 1.82) is 0 Å². The van der Waals surface area contributed by atoms with E-state index in [0.29, 0.717) is 11.5 Å². The summed E-state index contributed by atoms with van der Waals surface area (Å²) in [5.41, 5.74) is 0.426. The summed E-state index contributed by atoms with van der Waals surface area (Å²) in [5, 5.41) is 17.5. The van der Waals surface area contributed by atoms with Crippen LogP contribution >= 0.6 is 0 Å². The molecule has 1 N–H and O–H groups in total. The zero-order valence-electron chi connectivity index (χ0n) is 13.1. The van der Waals surface area contributed by atoms with Gasteiger partial charge in [0, 0.05) is 11.6 Å². The second-order valence-electron chi connectivity index (χ2n) is 4.69. The lowest BCUT2D eigenvalue weighted by molar-refractivity contribution is -0.254. The van der Waals surface area contributed by atoms with Gasteiger partial charge >= 0.3 is 0 Å². The molecule has 0 saturated carbocycles. The van der Waals surface area contributed by atoms with Gasteiger partial charge in [0.25, 0.3) is 5.91 Å². The average molecular weight is 319 g/mol. The summed E-state index contributed by atoms with van der Waals surface area (Å²) in [7, 11) is 2.77. The van der Waals surface area contributed by atoms with Crippen LogP contribution in [0.3, 0.4) is 0 Å². The molecule has 1 aromatic heterocycles. The molecular formula is C15H15N2O6-. The van der Waals surface area contributed by atoms with Crippen LogP contribution < -0.4 is 19.9 Å². The van der Waals surface area contributed by atoms with E-state index >= 15 is 0 Å². The monoisotopic (exact) mass is 319 g/mol. The number of aryl methyl sites for hydroxylation is 2. The van der Waals surface area contributed by atoms with Gasteiger partial charge in [0.2, 0.25) is 0 Å². The molecule has 0 spiro atoms. The molecule has 0 aliphatic carbocycles. The molecule has 122 valence electrons. The Balaban J connectivity index is 2.46. The maximum Gasteiger partial charge on any atom is 0.261 e. The van der Waals surface area contributed by atoms with Gasteiger partial charge < -0.3 is 29.2 Å². The Hall–Kier alpha value is -3.03. The number of rotatable bonds is 5. The third-order valence-corrected chi connectivity index (χ3v) is 3.25. The number of hydrogen-bond donors (Lipinski definition) is 1. The molecule has 8 heteroatoms. The van der Waals surface area contributed by atoms with Gasteiger partial charge in [-0.25, -0.2) is 0 Å². The predicted molar refractivity (Wildman–Crippen MR) is 77.8 cm³/mol. The maximum atomic E-state index is 12.3. The summed E-state index contributed by atoms with van der Waals surface area (Å²) in [6.07, 6.45) is 0. The van der Waals surface area contributed by atoms with Crippen molar-refractivity contribution >= 4 is 17.6 Å². The van der Waals surface area contributed by atoms with Crippen LogP contribution in [0.15, 0.2) is 16.7 Å². The lowest BCUT2D eigenvalue weighted by Crippen LogP contribution is -2.25. The smallest absolute Gasteiger partial charge is 0.261 e. The minimum absolute atomic E-state index is 0.0210. The Morgan fingerprint density at radius 2 is 1.78 bits per heavy atom. The number of hydrogen-bond acceptors (Lipinski definition) is 7. The van der Waals surface area contributed by atoms with Crippen LogP contribution in [-0.4, -0.2) is 31.3 Å². The summed E-state index contributed by atoms with van der Waals surface area (Å²) in [6, 6.07) is 2.57. The van der Waals surface area contributed by atoms with Gasteiger partial charge in [-0.05, 0) is 19.9 Å². The number of ether oxygens (including phenoxy) is 2. The highest BCUT2D eigenvalue weighted by Gasteiger charge is 2.20. The number of nitrogens with one attached hydrogen (secondary N) is 1. The lowest BCUT2D eigenvalue weighted by Gasteiger charge is -2.16. The van der Waals surface area contributed by atoms with E-state index in [1.807, 2.05) is 0 Å². The molecule has 0 saturated heterocycles. The first kappa shape index (κ1) is 16.3. The van der Waals surface area contributed by atoms with E-state index in [-0.39, 0.29) is 28.3 Å². The summed E-state index contributed by atoms with van der Waals surface area (Å²) in [5.74, 6) is -1.19. The molecule has 0 fully saturated rings. The Morgan fingerprint density at radius 1 is 1.17 bits per heavy atom. The van der Waals surface area contributed by atoms with E-state index in [1.165, 1.54) is 26.4 Å². The van der Waals surface area contributed by atoms with Crippen LogP contribution in [-0.2, 0) is 0 Å². The first-order valence-corrected chi connectivity index (χ1v) is 6.60. The van der Waals surface area contributed by atoms with E-state index in [9.17, 15) is 14.7 Å². The van der Waals surface area contributed by atoms with Crippen molar-refractivity contribution in [3.05, 3.63) is 34.7 Å². The zero-order chi connectivity index (χ0) is 17.1. The van der Waals surface area contributed by atoms with E-state index < -0.39 is 11.9 Å². The number of nitrogens with zero attached hydrogens (tertiary/aromatic N) is 1. The molecule has 8 nitrogen and oxygen atoms in total. The van der Waals surface area contributed by atoms with Crippen molar-refractivity contribution in [1.82, 2.24) is 5.16 Å².